The van der Waals surface area contributed by atoms with Crippen LogP contribution in [-0.2, 0) is 13.1 Å². The van der Waals surface area contributed by atoms with E-state index >= 15 is 0 Å². The monoisotopic (exact) mass is 412 g/mol. The Kier molecular flexibility index (Phi) is 7.18. The fraction of sp³-hybridized carbons (Fsp3) is 0.429. The number of nitro groups is 1. The van der Waals surface area contributed by atoms with Gasteiger partial charge in [0.05, 0.1) is 17.2 Å². The molecule has 0 radical (unpaired) electrons. The molecule has 0 unspecified atom stereocenters. The van der Waals surface area contributed by atoms with E-state index in [0.717, 1.165) is 61.3 Å². The lowest BCUT2D eigenvalue weighted by Crippen LogP contribution is -2.52. The number of piperazine rings is 1. The second kappa shape index (κ2) is 10.0. The minimum Gasteiger partial charge on any atom is -0.361 e. The standard InChI is InChI=1S/C21H28N6O3/c1-16(2)13-22-21(23-14-18-4-6-20(7-5-18)27(28)29)26-10-8-25(9-11-26)15-19-12-17(3)30-24-19/h4-7,12H,1,8-11,13-15H2,2-3H3,(H,22,23). The fourth-order valence-electron chi connectivity index (χ4n) is 3.23. The van der Waals surface area contributed by atoms with Crippen LogP contribution >= 0.6 is 0 Å². The summed E-state index contributed by atoms with van der Waals surface area (Å²) < 4.78 is 5.15. The van der Waals surface area contributed by atoms with E-state index in [4.69, 9.17) is 9.52 Å². The van der Waals surface area contributed by atoms with Gasteiger partial charge in [-0.05, 0) is 19.4 Å². The van der Waals surface area contributed by atoms with Crippen LogP contribution in [0.5, 0.6) is 0 Å². The van der Waals surface area contributed by atoms with Gasteiger partial charge in [0.15, 0.2) is 5.96 Å². The molecule has 1 N–H and O–H groups in total. The maximum absolute atomic E-state index is 10.8. The van der Waals surface area contributed by atoms with Crippen LogP contribution in [0.1, 0.15) is 23.9 Å². The predicted molar refractivity (Wildman–Crippen MR) is 115 cm³/mol. The molecule has 1 saturated heterocycles. The number of hydrogen-bond donors (Lipinski definition) is 1. The third-order valence-corrected chi connectivity index (χ3v) is 4.84. The van der Waals surface area contributed by atoms with Gasteiger partial charge in [0.25, 0.3) is 5.69 Å². The van der Waals surface area contributed by atoms with Crippen molar-refractivity contribution in [1.82, 2.24) is 20.3 Å². The van der Waals surface area contributed by atoms with Crippen LogP contribution < -0.4 is 5.32 Å². The molecule has 2 heterocycles. The van der Waals surface area contributed by atoms with E-state index in [0.29, 0.717) is 13.1 Å². The highest BCUT2D eigenvalue weighted by molar-refractivity contribution is 5.80. The van der Waals surface area contributed by atoms with E-state index in [1.807, 2.05) is 19.9 Å². The molecule has 9 heteroatoms. The average molecular weight is 412 g/mol. The second-order valence-corrected chi connectivity index (χ2v) is 7.57. The molecule has 2 aromatic rings. The van der Waals surface area contributed by atoms with Crippen molar-refractivity contribution in [3.8, 4) is 0 Å². The average Bonchev–Trinajstić information content (AvgIpc) is 3.13. The first-order valence-corrected chi connectivity index (χ1v) is 9.96. The Labute approximate surface area is 176 Å². The molecule has 1 aliphatic rings. The molecule has 0 spiro atoms. The van der Waals surface area contributed by atoms with Crippen molar-refractivity contribution in [2.24, 2.45) is 4.99 Å². The summed E-state index contributed by atoms with van der Waals surface area (Å²) in [6.45, 7) is 13.2. The Morgan fingerprint density at radius 2 is 2.00 bits per heavy atom. The largest absolute Gasteiger partial charge is 0.361 e. The molecular weight excluding hydrogens is 384 g/mol. The predicted octanol–water partition coefficient (Wildman–Crippen LogP) is 2.73. The number of benzene rings is 1. The first kappa shape index (κ1) is 21.5. The molecule has 0 bridgehead atoms. The summed E-state index contributed by atoms with van der Waals surface area (Å²) in [4.78, 5) is 19.8. The first-order chi connectivity index (χ1) is 14.4. The van der Waals surface area contributed by atoms with E-state index in [1.54, 1.807) is 12.1 Å². The molecule has 1 aromatic carbocycles. The zero-order chi connectivity index (χ0) is 21.5. The Hall–Kier alpha value is -3.20. The minimum atomic E-state index is -0.396. The van der Waals surface area contributed by atoms with Crippen molar-refractivity contribution < 1.29 is 9.45 Å². The minimum absolute atomic E-state index is 0.0850. The molecule has 0 aliphatic carbocycles. The Balaban J connectivity index is 1.60. The smallest absolute Gasteiger partial charge is 0.269 e. The molecule has 1 aromatic heterocycles. The quantitative estimate of drug-likeness (QED) is 0.245. The summed E-state index contributed by atoms with van der Waals surface area (Å²) in [7, 11) is 0. The lowest BCUT2D eigenvalue weighted by molar-refractivity contribution is -0.384. The Bertz CT molecular complexity index is 898. The lowest BCUT2D eigenvalue weighted by atomic mass is 10.2. The summed E-state index contributed by atoms with van der Waals surface area (Å²) in [5.41, 5.74) is 2.99. The van der Waals surface area contributed by atoms with E-state index < -0.39 is 4.92 Å². The van der Waals surface area contributed by atoms with Crippen LogP contribution in [0.25, 0.3) is 0 Å². The number of aryl methyl sites for hydroxylation is 1. The van der Waals surface area contributed by atoms with Gasteiger partial charge in [-0.1, -0.05) is 29.4 Å². The van der Waals surface area contributed by atoms with Crippen molar-refractivity contribution in [2.45, 2.75) is 26.9 Å². The number of non-ortho nitro benzene ring substituents is 1. The topological polar surface area (TPSA) is 100 Å². The van der Waals surface area contributed by atoms with Crippen LogP contribution in [0.15, 0.2) is 52.0 Å². The van der Waals surface area contributed by atoms with E-state index in [9.17, 15) is 10.1 Å². The van der Waals surface area contributed by atoms with Gasteiger partial charge in [0.2, 0.25) is 0 Å². The summed E-state index contributed by atoms with van der Waals surface area (Å²) in [5, 5.41) is 18.3. The van der Waals surface area contributed by atoms with Crippen LogP contribution in [0.4, 0.5) is 5.69 Å². The van der Waals surface area contributed by atoms with Gasteiger partial charge < -0.3 is 14.7 Å². The number of aromatic nitrogens is 1. The van der Waals surface area contributed by atoms with Gasteiger partial charge >= 0.3 is 0 Å². The van der Waals surface area contributed by atoms with Gasteiger partial charge in [-0.3, -0.25) is 15.0 Å². The Morgan fingerprint density at radius 1 is 1.30 bits per heavy atom. The van der Waals surface area contributed by atoms with Gasteiger partial charge in [0.1, 0.15) is 5.76 Å². The number of nitrogens with zero attached hydrogens (tertiary/aromatic N) is 5. The molecule has 30 heavy (non-hydrogen) atoms. The summed E-state index contributed by atoms with van der Waals surface area (Å²) in [6.07, 6.45) is 0. The third kappa shape index (κ3) is 6.15. The zero-order valence-electron chi connectivity index (χ0n) is 17.5. The summed E-state index contributed by atoms with van der Waals surface area (Å²) in [5.74, 6) is 1.65. The molecule has 1 aliphatic heterocycles. The van der Waals surface area contributed by atoms with Crippen molar-refractivity contribution in [1.29, 1.82) is 0 Å². The van der Waals surface area contributed by atoms with Crippen molar-refractivity contribution >= 4 is 11.6 Å². The number of aliphatic imine (C=N–C) groups is 1. The van der Waals surface area contributed by atoms with Crippen LogP contribution in [0.2, 0.25) is 0 Å². The zero-order valence-corrected chi connectivity index (χ0v) is 17.5. The lowest BCUT2D eigenvalue weighted by Gasteiger charge is -2.36. The number of hydrogen-bond acceptors (Lipinski definition) is 6. The van der Waals surface area contributed by atoms with Gasteiger partial charge in [-0.15, -0.1) is 0 Å². The third-order valence-electron chi connectivity index (χ3n) is 4.84. The number of nitrogens with one attached hydrogen (secondary N) is 1. The molecule has 1 fully saturated rings. The maximum Gasteiger partial charge on any atom is 0.269 e. The maximum atomic E-state index is 10.8. The molecule has 3 rings (SSSR count). The van der Waals surface area contributed by atoms with E-state index in [-0.39, 0.29) is 5.69 Å². The highest BCUT2D eigenvalue weighted by atomic mass is 16.6. The van der Waals surface area contributed by atoms with Gasteiger partial charge in [-0.25, -0.2) is 4.99 Å². The number of rotatable bonds is 7. The van der Waals surface area contributed by atoms with Crippen LogP contribution in [-0.4, -0.2) is 58.6 Å². The van der Waals surface area contributed by atoms with Crippen molar-refractivity contribution in [2.75, 3.05) is 32.7 Å². The fourth-order valence-corrected chi connectivity index (χ4v) is 3.23. The molecule has 0 atom stereocenters. The van der Waals surface area contributed by atoms with E-state index in [1.165, 1.54) is 12.1 Å². The first-order valence-electron chi connectivity index (χ1n) is 9.96. The SMILES string of the molecule is C=C(C)CNC(=NCc1ccc([N+](=O)[O-])cc1)N1CCN(Cc2cc(C)on2)CC1. The Morgan fingerprint density at radius 3 is 2.57 bits per heavy atom. The molecule has 9 nitrogen and oxygen atoms in total. The number of guanidine groups is 1. The van der Waals surface area contributed by atoms with Gasteiger partial charge in [-0.2, -0.15) is 0 Å². The molecular formula is C21H28N6O3. The normalized spacial score (nSPS) is 15.3. The van der Waals surface area contributed by atoms with Crippen LogP contribution in [0, 0.1) is 17.0 Å². The van der Waals surface area contributed by atoms with Crippen molar-refractivity contribution in [3.05, 3.63) is 69.6 Å². The summed E-state index contributed by atoms with van der Waals surface area (Å²) >= 11 is 0. The van der Waals surface area contributed by atoms with Gasteiger partial charge in [0, 0.05) is 57.5 Å². The van der Waals surface area contributed by atoms with E-state index in [2.05, 4.69) is 26.9 Å². The molecule has 0 amide bonds. The molecule has 160 valence electrons. The van der Waals surface area contributed by atoms with Crippen LogP contribution in [0.3, 0.4) is 0 Å². The number of nitro benzene ring substituents is 1. The van der Waals surface area contributed by atoms with Crippen molar-refractivity contribution in [3.63, 3.8) is 0 Å². The summed E-state index contributed by atoms with van der Waals surface area (Å²) in [6, 6.07) is 8.48. The highest BCUT2D eigenvalue weighted by Crippen LogP contribution is 2.13. The molecule has 0 saturated carbocycles. The highest BCUT2D eigenvalue weighted by Gasteiger charge is 2.20. The second-order valence-electron chi connectivity index (χ2n) is 7.57.